The van der Waals surface area contributed by atoms with Crippen LogP contribution in [0.1, 0.15) is 18.0 Å². The standard InChI is InChI=1S/C10H11Br2NO/c1-2-3-8(13)9-6(11)4-5-7(12)10(9)14/h2,4-5,8,14H,1,3,13H2. The minimum atomic E-state index is -0.237. The lowest BCUT2D eigenvalue weighted by Crippen LogP contribution is -2.10. The van der Waals surface area contributed by atoms with E-state index in [1.165, 1.54) is 0 Å². The van der Waals surface area contributed by atoms with Crippen molar-refractivity contribution in [1.29, 1.82) is 0 Å². The number of phenolic OH excluding ortho intramolecular Hbond substituents is 1. The monoisotopic (exact) mass is 319 g/mol. The zero-order valence-electron chi connectivity index (χ0n) is 7.50. The molecule has 0 amide bonds. The van der Waals surface area contributed by atoms with Gasteiger partial charge in [-0.25, -0.2) is 0 Å². The number of phenols is 1. The van der Waals surface area contributed by atoms with Gasteiger partial charge in [0.15, 0.2) is 0 Å². The van der Waals surface area contributed by atoms with Gasteiger partial charge < -0.3 is 10.8 Å². The van der Waals surface area contributed by atoms with E-state index in [2.05, 4.69) is 38.4 Å². The van der Waals surface area contributed by atoms with Crippen molar-refractivity contribution in [2.24, 2.45) is 5.73 Å². The number of nitrogens with two attached hydrogens (primary N) is 1. The van der Waals surface area contributed by atoms with Crippen LogP contribution in [0.4, 0.5) is 0 Å². The number of hydrogen-bond donors (Lipinski definition) is 2. The quantitative estimate of drug-likeness (QED) is 0.837. The average Bonchev–Trinajstić information content (AvgIpc) is 2.13. The molecule has 1 unspecified atom stereocenters. The van der Waals surface area contributed by atoms with Crippen LogP contribution in [0.5, 0.6) is 5.75 Å². The lowest BCUT2D eigenvalue weighted by Gasteiger charge is -2.14. The fraction of sp³-hybridized carbons (Fsp3) is 0.200. The summed E-state index contributed by atoms with van der Waals surface area (Å²) in [4.78, 5) is 0. The van der Waals surface area contributed by atoms with E-state index in [0.29, 0.717) is 16.5 Å². The molecule has 1 atom stereocenters. The van der Waals surface area contributed by atoms with Crippen molar-refractivity contribution in [2.45, 2.75) is 12.5 Å². The molecule has 0 bridgehead atoms. The molecule has 14 heavy (non-hydrogen) atoms. The molecule has 0 fully saturated rings. The SMILES string of the molecule is C=CCC(N)c1c(Br)ccc(Br)c1O. The summed E-state index contributed by atoms with van der Waals surface area (Å²) in [6.07, 6.45) is 2.36. The predicted molar refractivity (Wildman–Crippen MR) is 65.2 cm³/mol. The molecule has 76 valence electrons. The van der Waals surface area contributed by atoms with Gasteiger partial charge in [-0.05, 0) is 34.5 Å². The fourth-order valence-corrected chi connectivity index (χ4v) is 2.17. The maximum absolute atomic E-state index is 9.78. The zero-order valence-corrected chi connectivity index (χ0v) is 10.7. The minimum absolute atomic E-state index is 0.189. The Labute approximate surface area is 100 Å². The molecule has 0 saturated heterocycles. The van der Waals surface area contributed by atoms with Crippen LogP contribution in [0, 0.1) is 0 Å². The number of hydrogen-bond acceptors (Lipinski definition) is 2. The summed E-state index contributed by atoms with van der Waals surface area (Å²) in [6, 6.07) is 3.38. The third-order valence-electron chi connectivity index (χ3n) is 1.91. The van der Waals surface area contributed by atoms with E-state index in [4.69, 9.17) is 5.73 Å². The molecule has 0 aromatic heterocycles. The average molecular weight is 321 g/mol. The largest absolute Gasteiger partial charge is 0.506 e. The highest BCUT2D eigenvalue weighted by Crippen LogP contribution is 2.37. The summed E-state index contributed by atoms with van der Waals surface area (Å²) in [5.41, 5.74) is 6.60. The zero-order chi connectivity index (χ0) is 10.7. The third-order valence-corrected chi connectivity index (χ3v) is 3.24. The Hall–Kier alpha value is -0.320. The van der Waals surface area contributed by atoms with Crippen LogP contribution >= 0.6 is 31.9 Å². The second-order valence-corrected chi connectivity index (χ2v) is 4.63. The molecule has 0 aliphatic carbocycles. The van der Waals surface area contributed by atoms with Crippen LogP contribution in [-0.2, 0) is 0 Å². The second-order valence-electron chi connectivity index (χ2n) is 2.92. The Morgan fingerprint density at radius 2 is 2.00 bits per heavy atom. The van der Waals surface area contributed by atoms with Gasteiger partial charge in [-0.1, -0.05) is 22.0 Å². The van der Waals surface area contributed by atoms with Gasteiger partial charge in [0.25, 0.3) is 0 Å². The minimum Gasteiger partial charge on any atom is -0.506 e. The van der Waals surface area contributed by atoms with Crippen LogP contribution in [0.3, 0.4) is 0 Å². The highest BCUT2D eigenvalue weighted by Gasteiger charge is 2.15. The summed E-state index contributed by atoms with van der Waals surface area (Å²) >= 11 is 6.60. The lowest BCUT2D eigenvalue weighted by molar-refractivity contribution is 0.457. The van der Waals surface area contributed by atoms with Gasteiger partial charge >= 0.3 is 0 Å². The van der Waals surface area contributed by atoms with E-state index in [1.54, 1.807) is 12.1 Å². The molecule has 0 saturated carbocycles. The van der Waals surface area contributed by atoms with Crippen molar-refractivity contribution in [2.75, 3.05) is 0 Å². The molecule has 2 nitrogen and oxygen atoms in total. The molecule has 0 heterocycles. The maximum Gasteiger partial charge on any atom is 0.135 e. The molecule has 0 aliphatic rings. The van der Waals surface area contributed by atoms with Gasteiger partial charge in [0.05, 0.1) is 4.47 Å². The van der Waals surface area contributed by atoms with Crippen LogP contribution in [-0.4, -0.2) is 5.11 Å². The predicted octanol–water partition coefficient (Wildman–Crippen LogP) is 3.49. The van der Waals surface area contributed by atoms with E-state index in [0.717, 1.165) is 4.47 Å². The second kappa shape index (κ2) is 4.96. The fourth-order valence-electron chi connectivity index (χ4n) is 1.21. The van der Waals surface area contributed by atoms with E-state index in [1.807, 2.05) is 6.07 Å². The van der Waals surface area contributed by atoms with Gasteiger partial charge in [-0.15, -0.1) is 6.58 Å². The van der Waals surface area contributed by atoms with Gasteiger partial charge in [-0.3, -0.25) is 0 Å². The molecule has 4 heteroatoms. The van der Waals surface area contributed by atoms with Crippen molar-refractivity contribution >= 4 is 31.9 Å². The van der Waals surface area contributed by atoms with E-state index in [-0.39, 0.29) is 11.8 Å². The van der Waals surface area contributed by atoms with Crippen molar-refractivity contribution in [1.82, 2.24) is 0 Å². The van der Waals surface area contributed by atoms with Crippen LogP contribution in [0.2, 0.25) is 0 Å². The van der Waals surface area contributed by atoms with Gasteiger partial charge in [0.2, 0.25) is 0 Å². The number of halogens is 2. The Balaban J connectivity index is 3.17. The smallest absolute Gasteiger partial charge is 0.135 e. The molecule has 1 rings (SSSR count). The van der Waals surface area contributed by atoms with Crippen molar-refractivity contribution in [3.8, 4) is 5.75 Å². The van der Waals surface area contributed by atoms with Gasteiger partial charge in [-0.2, -0.15) is 0 Å². The first-order valence-corrected chi connectivity index (χ1v) is 5.70. The van der Waals surface area contributed by atoms with Crippen molar-refractivity contribution < 1.29 is 5.11 Å². The van der Waals surface area contributed by atoms with Gasteiger partial charge in [0, 0.05) is 16.1 Å². The first kappa shape index (κ1) is 11.8. The molecule has 0 aliphatic heterocycles. The highest BCUT2D eigenvalue weighted by molar-refractivity contribution is 9.11. The Morgan fingerprint density at radius 3 is 2.57 bits per heavy atom. The summed E-state index contributed by atoms with van der Waals surface area (Å²) in [7, 11) is 0. The summed E-state index contributed by atoms with van der Waals surface area (Å²) < 4.78 is 1.46. The molecule has 0 radical (unpaired) electrons. The summed E-state index contributed by atoms with van der Waals surface area (Å²) in [5.74, 6) is 0.189. The molecular formula is C10H11Br2NO. The number of aromatic hydroxyl groups is 1. The van der Waals surface area contributed by atoms with Crippen LogP contribution in [0.25, 0.3) is 0 Å². The Morgan fingerprint density at radius 1 is 1.43 bits per heavy atom. The highest BCUT2D eigenvalue weighted by atomic mass is 79.9. The van der Waals surface area contributed by atoms with Crippen molar-refractivity contribution in [3.63, 3.8) is 0 Å². The van der Waals surface area contributed by atoms with Crippen molar-refractivity contribution in [3.05, 3.63) is 39.3 Å². The summed E-state index contributed by atoms with van der Waals surface area (Å²) in [5, 5.41) is 9.78. The molecule has 3 N–H and O–H groups in total. The Kier molecular flexibility index (Phi) is 4.16. The van der Waals surface area contributed by atoms with Crippen LogP contribution < -0.4 is 5.73 Å². The number of benzene rings is 1. The molecular weight excluding hydrogens is 310 g/mol. The van der Waals surface area contributed by atoms with E-state index < -0.39 is 0 Å². The first-order valence-electron chi connectivity index (χ1n) is 4.11. The maximum atomic E-state index is 9.78. The lowest BCUT2D eigenvalue weighted by atomic mass is 10.0. The third kappa shape index (κ3) is 2.38. The number of rotatable bonds is 3. The van der Waals surface area contributed by atoms with E-state index in [9.17, 15) is 5.11 Å². The first-order chi connectivity index (χ1) is 6.57. The van der Waals surface area contributed by atoms with Crippen LogP contribution in [0.15, 0.2) is 33.7 Å². The van der Waals surface area contributed by atoms with E-state index >= 15 is 0 Å². The molecule has 1 aromatic carbocycles. The van der Waals surface area contributed by atoms with Gasteiger partial charge in [0.1, 0.15) is 5.75 Å². The Bertz CT molecular complexity index is 352. The topological polar surface area (TPSA) is 46.2 Å². The normalized spacial score (nSPS) is 12.5. The molecule has 1 aromatic rings. The molecule has 0 spiro atoms. The summed E-state index contributed by atoms with van der Waals surface area (Å²) in [6.45, 7) is 3.62.